The Morgan fingerprint density at radius 2 is 2.11 bits per heavy atom. The summed E-state index contributed by atoms with van der Waals surface area (Å²) in [7, 11) is -1.80. The molecule has 0 aliphatic carbocycles. The standard InChI is InChI=1S/C11H14N2O3S2/c1-12-7-9-4-5-11(16-9)18(14,15)13-8-10-3-2-6-17-10/h2-6,12-13H,7-8H2,1H3. The first-order valence-electron chi connectivity index (χ1n) is 5.37. The first kappa shape index (κ1) is 13.3. The van der Waals surface area contributed by atoms with Gasteiger partial charge >= 0.3 is 0 Å². The van der Waals surface area contributed by atoms with Crippen molar-refractivity contribution in [2.45, 2.75) is 18.2 Å². The predicted molar refractivity (Wildman–Crippen MR) is 69.8 cm³/mol. The van der Waals surface area contributed by atoms with E-state index in [4.69, 9.17) is 4.42 Å². The summed E-state index contributed by atoms with van der Waals surface area (Å²) in [4.78, 5) is 0.959. The molecule has 98 valence electrons. The zero-order valence-corrected chi connectivity index (χ0v) is 11.5. The van der Waals surface area contributed by atoms with E-state index in [9.17, 15) is 8.42 Å². The van der Waals surface area contributed by atoms with Gasteiger partial charge in [-0.05, 0) is 30.6 Å². The lowest BCUT2D eigenvalue weighted by Gasteiger charge is -2.02. The lowest BCUT2D eigenvalue weighted by atomic mass is 10.4. The molecular weight excluding hydrogens is 272 g/mol. The fraction of sp³-hybridized carbons (Fsp3) is 0.273. The first-order valence-corrected chi connectivity index (χ1v) is 7.73. The van der Waals surface area contributed by atoms with Gasteiger partial charge in [-0.15, -0.1) is 11.3 Å². The highest BCUT2D eigenvalue weighted by Gasteiger charge is 2.18. The summed E-state index contributed by atoms with van der Waals surface area (Å²) in [5.41, 5.74) is 0. The van der Waals surface area contributed by atoms with Crippen molar-refractivity contribution in [3.05, 3.63) is 40.3 Å². The fourth-order valence-corrected chi connectivity index (χ4v) is 3.11. The van der Waals surface area contributed by atoms with Gasteiger partial charge in [0.05, 0.1) is 6.54 Å². The van der Waals surface area contributed by atoms with Crippen LogP contribution in [0.3, 0.4) is 0 Å². The van der Waals surface area contributed by atoms with Gasteiger partial charge in [-0.2, -0.15) is 0 Å². The lowest BCUT2D eigenvalue weighted by molar-refractivity contribution is 0.404. The predicted octanol–water partition coefficient (Wildman–Crippen LogP) is 1.54. The second-order valence-corrected chi connectivity index (χ2v) is 6.39. The molecule has 0 unspecified atom stereocenters. The molecule has 0 aromatic carbocycles. The van der Waals surface area contributed by atoms with E-state index in [-0.39, 0.29) is 11.6 Å². The summed E-state index contributed by atoms with van der Waals surface area (Å²) in [6.07, 6.45) is 0. The van der Waals surface area contributed by atoms with Crippen LogP contribution in [-0.2, 0) is 23.1 Å². The van der Waals surface area contributed by atoms with E-state index < -0.39 is 10.0 Å². The molecule has 0 amide bonds. The van der Waals surface area contributed by atoms with Crippen molar-refractivity contribution in [2.75, 3.05) is 7.05 Å². The maximum absolute atomic E-state index is 11.9. The summed E-state index contributed by atoms with van der Waals surface area (Å²) < 4.78 is 31.6. The van der Waals surface area contributed by atoms with Gasteiger partial charge in [0.1, 0.15) is 5.76 Å². The van der Waals surface area contributed by atoms with E-state index in [0.717, 1.165) is 4.88 Å². The molecule has 2 heterocycles. The minimum absolute atomic E-state index is 0.0516. The Bertz CT molecular complexity index is 588. The van der Waals surface area contributed by atoms with Crippen LogP contribution in [0.5, 0.6) is 0 Å². The third-order valence-electron chi connectivity index (χ3n) is 2.27. The Morgan fingerprint density at radius 1 is 1.28 bits per heavy atom. The second-order valence-electron chi connectivity index (χ2n) is 3.65. The number of nitrogens with one attached hydrogen (secondary N) is 2. The number of hydrogen-bond acceptors (Lipinski definition) is 5. The number of sulfonamides is 1. The minimum atomic E-state index is -3.57. The van der Waals surface area contributed by atoms with Crippen LogP contribution in [0.15, 0.2) is 39.2 Å². The number of rotatable bonds is 6. The Labute approximate surface area is 110 Å². The van der Waals surface area contributed by atoms with Gasteiger partial charge in [0.2, 0.25) is 5.09 Å². The molecule has 0 saturated carbocycles. The topological polar surface area (TPSA) is 71.3 Å². The highest BCUT2D eigenvalue weighted by atomic mass is 32.2. The van der Waals surface area contributed by atoms with Crippen molar-refractivity contribution in [2.24, 2.45) is 0 Å². The Hall–Kier alpha value is -1.15. The largest absolute Gasteiger partial charge is 0.447 e. The highest BCUT2D eigenvalue weighted by Crippen LogP contribution is 2.15. The summed E-state index contributed by atoms with van der Waals surface area (Å²) in [6, 6.07) is 6.87. The summed E-state index contributed by atoms with van der Waals surface area (Å²) in [5, 5.41) is 4.75. The Kier molecular flexibility index (Phi) is 4.18. The van der Waals surface area contributed by atoms with Gasteiger partial charge in [0, 0.05) is 11.4 Å². The first-order chi connectivity index (χ1) is 8.62. The van der Waals surface area contributed by atoms with Crippen LogP contribution in [0, 0.1) is 0 Å². The second kappa shape index (κ2) is 5.66. The monoisotopic (exact) mass is 286 g/mol. The summed E-state index contributed by atoms with van der Waals surface area (Å²) in [5.74, 6) is 0.592. The molecule has 2 aromatic heterocycles. The van der Waals surface area contributed by atoms with E-state index in [1.54, 1.807) is 13.1 Å². The van der Waals surface area contributed by atoms with Crippen LogP contribution in [0.2, 0.25) is 0 Å². The van der Waals surface area contributed by atoms with Gasteiger partial charge in [0.15, 0.2) is 0 Å². The van der Waals surface area contributed by atoms with Crippen LogP contribution in [0.25, 0.3) is 0 Å². The normalized spacial score (nSPS) is 11.8. The van der Waals surface area contributed by atoms with E-state index in [1.165, 1.54) is 17.4 Å². The number of furan rings is 1. The van der Waals surface area contributed by atoms with Gasteiger partial charge in [0.25, 0.3) is 10.0 Å². The molecule has 0 atom stereocenters. The molecule has 0 aliphatic heterocycles. The Morgan fingerprint density at radius 3 is 2.78 bits per heavy atom. The molecule has 0 bridgehead atoms. The van der Waals surface area contributed by atoms with Crippen molar-refractivity contribution in [1.29, 1.82) is 0 Å². The zero-order valence-electron chi connectivity index (χ0n) is 9.84. The smallest absolute Gasteiger partial charge is 0.274 e. The molecule has 0 aliphatic rings. The third kappa shape index (κ3) is 3.20. The van der Waals surface area contributed by atoms with Crippen molar-refractivity contribution < 1.29 is 12.8 Å². The van der Waals surface area contributed by atoms with E-state index in [2.05, 4.69) is 10.0 Å². The van der Waals surface area contributed by atoms with Crippen LogP contribution in [-0.4, -0.2) is 15.5 Å². The zero-order chi connectivity index (χ0) is 13.0. The van der Waals surface area contributed by atoms with Crippen molar-refractivity contribution in [1.82, 2.24) is 10.0 Å². The van der Waals surface area contributed by atoms with Gasteiger partial charge < -0.3 is 9.73 Å². The molecular formula is C11H14N2O3S2. The molecule has 5 nitrogen and oxygen atoms in total. The third-order valence-corrected chi connectivity index (χ3v) is 4.42. The van der Waals surface area contributed by atoms with Crippen molar-refractivity contribution in [3.63, 3.8) is 0 Å². The van der Waals surface area contributed by atoms with E-state index in [0.29, 0.717) is 12.3 Å². The number of thiophene rings is 1. The van der Waals surface area contributed by atoms with Gasteiger partial charge in [-0.25, -0.2) is 13.1 Å². The van der Waals surface area contributed by atoms with Gasteiger partial charge in [-0.3, -0.25) is 0 Å². The van der Waals surface area contributed by atoms with E-state index in [1.807, 2.05) is 17.5 Å². The molecule has 2 rings (SSSR count). The quantitative estimate of drug-likeness (QED) is 0.845. The SMILES string of the molecule is CNCc1ccc(S(=O)(=O)NCc2cccs2)o1. The highest BCUT2D eigenvalue weighted by molar-refractivity contribution is 7.89. The molecule has 7 heteroatoms. The van der Waals surface area contributed by atoms with Crippen LogP contribution in [0.1, 0.15) is 10.6 Å². The maximum atomic E-state index is 11.9. The summed E-state index contributed by atoms with van der Waals surface area (Å²) >= 11 is 1.50. The van der Waals surface area contributed by atoms with Crippen LogP contribution in [0.4, 0.5) is 0 Å². The van der Waals surface area contributed by atoms with Crippen LogP contribution >= 0.6 is 11.3 Å². The molecule has 2 aromatic rings. The van der Waals surface area contributed by atoms with Gasteiger partial charge in [-0.1, -0.05) is 6.07 Å². The molecule has 0 radical (unpaired) electrons. The number of hydrogen-bond donors (Lipinski definition) is 2. The average molecular weight is 286 g/mol. The lowest BCUT2D eigenvalue weighted by Crippen LogP contribution is -2.22. The molecule has 0 saturated heterocycles. The van der Waals surface area contributed by atoms with Crippen LogP contribution < -0.4 is 10.0 Å². The summed E-state index contributed by atoms with van der Waals surface area (Å²) in [6.45, 7) is 0.780. The van der Waals surface area contributed by atoms with E-state index >= 15 is 0 Å². The molecule has 2 N–H and O–H groups in total. The maximum Gasteiger partial charge on any atom is 0.274 e. The molecule has 0 spiro atoms. The molecule has 18 heavy (non-hydrogen) atoms. The molecule has 0 fully saturated rings. The average Bonchev–Trinajstić information content (AvgIpc) is 2.98. The fourth-order valence-electron chi connectivity index (χ4n) is 1.42. The Balaban J connectivity index is 2.05. The minimum Gasteiger partial charge on any atom is -0.447 e. The van der Waals surface area contributed by atoms with Crippen molar-refractivity contribution in [3.8, 4) is 0 Å². The van der Waals surface area contributed by atoms with Crippen molar-refractivity contribution >= 4 is 21.4 Å².